The molecule has 0 aliphatic carbocycles. The number of aliphatic carboxylic acids is 1. The fourth-order valence-corrected chi connectivity index (χ4v) is 2.27. The van der Waals surface area contributed by atoms with Gasteiger partial charge in [0.05, 0.1) is 12.1 Å². The maximum absolute atomic E-state index is 11.8. The van der Waals surface area contributed by atoms with Crippen molar-refractivity contribution in [2.75, 3.05) is 13.6 Å². The zero-order valence-corrected chi connectivity index (χ0v) is 9.73. The molecule has 0 aromatic carbocycles. The van der Waals surface area contributed by atoms with Gasteiger partial charge in [-0.3, -0.25) is 9.89 Å². The van der Waals surface area contributed by atoms with Gasteiger partial charge < -0.3 is 5.11 Å². The number of hydrogen-bond acceptors (Lipinski definition) is 4. The van der Waals surface area contributed by atoms with Gasteiger partial charge in [-0.1, -0.05) is 6.92 Å². The van der Waals surface area contributed by atoms with E-state index in [0.717, 1.165) is 4.31 Å². The molecule has 0 bridgehead atoms. The molecule has 0 spiro atoms. The van der Waals surface area contributed by atoms with Crippen LogP contribution in [0.4, 0.5) is 0 Å². The van der Waals surface area contributed by atoms with Crippen molar-refractivity contribution in [3.8, 4) is 0 Å². The Morgan fingerprint density at radius 1 is 1.69 bits per heavy atom. The second-order valence-electron chi connectivity index (χ2n) is 3.45. The van der Waals surface area contributed by atoms with Crippen molar-refractivity contribution >= 4 is 16.0 Å². The number of carboxylic acid groups (broad SMARTS) is 1. The lowest BCUT2D eigenvalue weighted by atomic mass is 10.2. The van der Waals surface area contributed by atoms with Crippen LogP contribution < -0.4 is 0 Å². The highest BCUT2D eigenvalue weighted by atomic mass is 32.2. The summed E-state index contributed by atoms with van der Waals surface area (Å²) in [5, 5.41) is 14.5. The second kappa shape index (κ2) is 4.62. The number of nitrogens with one attached hydrogen (secondary N) is 1. The van der Waals surface area contributed by atoms with E-state index in [1.807, 2.05) is 0 Å². The van der Waals surface area contributed by atoms with E-state index in [1.165, 1.54) is 26.2 Å². The third-order valence-corrected chi connectivity index (χ3v) is 3.87. The van der Waals surface area contributed by atoms with Crippen LogP contribution >= 0.6 is 0 Å². The molecular weight excluding hydrogens is 234 g/mol. The molecule has 1 unspecified atom stereocenters. The number of aromatic amines is 1. The summed E-state index contributed by atoms with van der Waals surface area (Å²) in [6, 6.07) is 1.32. The monoisotopic (exact) mass is 247 g/mol. The molecule has 1 rings (SSSR count). The standard InChI is InChI=1S/C8H13N3O4S/c1-6(8(12)13)5-11(2)16(14,15)7-3-4-9-10-7/h3-4,6H,5H2,1-2H3,(H,9,10)(H,12,13). The predicted molar refractivity (Wildman–Crippen MR) is 55.2 cm³/mol. The molecule has 0 radical (unpaired) electrons. The highest BCUT2D eigenvalue weighted by Gasteiger charge is 2.25. The summed E-state index contributed by atoms with van der Waals surface area (Å²) < 4.78 is 24.6. The summed E-state index contributed by atoms with van der Waals surface area (Å²) in [7, 11) is -2.34. The minimum absolute atomic E-state index is 0.0485. The topological polar surface area (TPSA) is 103 Å². The third-order valence-electron chi connectivity index (χ3n) is 2.12. The Balaban J connectivity index is 2.82. The quantitative estimate of drug-likeness (QED) is 0.746. The Bertz CT molecular complexity index is 454. The van der Waals surface area contributed by atoms with Crippen LogP contribution in [-0.4, -0.2) is 47.6 Å². The summed E-state index contributed by atoms with van der Waals surface area (Å²) in [6.45, 7) is 1.36. The molecular formula is C8H13N3O4S. The largest absolute Gasteiger partial charge is 0.481 e. The average molecular weight is 247 g/mol. The number of H-pyrrole nitrogens is 1. The molecule has 0 saturated heterocycles. The molecule has 8 heteroatoms. The summed E-state index contributed by atoms with van der Waals surface area (Å²) in [4.78, 5) is 10.6. The van der Waals surface area contributed by atoms with Crippen LogP contribution in [0.3, 0.4) is 0 Å². The van der Waals surface area contributed by atoms with Crippen molar-refractivity contribution in [2.24, 2.45) is 5.92 Å². The number of sulfonamides is 1. The number of rotatable bonds is 5. The third kappa shape index (κ3) is 2.58. The second-order valence-corrected chi connectivity index (χ2v) is 5.46. The van der Waals surface area contributed by atoms with Gasteiger partial charge in [0.2, 0.25) is 0 Å². The Morgan fingerprint density at radius 3 is 2.75 bits per heavy atom. The van der Waals surface area contributed by atoms with Crippen LogP contribution in [0.5, 0.6) is 0 Å². The summed E-state index contributed by atoms with van der Waals surface area (Å²) in [6.07, 6.45) is 1.32. The van der Waals surface area contributed by atoms with E-state index in [2.05, 4.69) is 10.2 Å². The smallest absolute Gasteiger partial charge is 0.307 e. The van der Waals surface area contributed by atoms with E-state index in [4.69, 9.17) is 5.11 Å². The van der Waals surface area contributed by atoms with E-state index in [0.29, 0.717) is 0 Å². The lowest BCUT2D eigenvalue weighted by Crippen LogP contribution is -2.33. The van der Waals surface area contributed by atoms with E-state index < -0.39 is 21.9 Å². The number of carbonyl (C=O) groups is 1. The van der Waals surface area contributed by atoms with Crippen molar-refractivity contribution < 1.29 is 18.3 Å². The number of hydrogen-bond donors (Lipinski definition) is 2. The lowest BCUT2D eigenvalue weighted by molar-refractivity contribution is -0.141. The molecule has 0 fully saturated rings. The van der Waals surface area contributed by atoms with Crippen LogP contribution in [0.1, 0.15) is 6.92 Å². The molecule has 16 heavy (non-hydrogen) atoms. The van der Waals surface area contributed by atoms with E-state index in [9.17, 15) is 13.2 Å². The first kappa shape index (κ1) is 12.7. The zero-order valence-electron chi connectivity index (χ0n) is 8.91. The normalized spacial score (nSPS) is 13.9. The molecule has 0 aliphatic rings. The van der Waals surface area contributed by atoms with E-state index in [1.54, 1.807) is 0 Å². The molecule has 7 nitrogen and oxygen atoms in total. The highest BCUT2D eigenvalue weighted by molar-refractivity contribution is 7.89. The van der Waals surface area contributed by atoms with Crippen molar-refractivity contribution in [2.45, 2.75) is 11.9 Å². The molecule has 1 atom stereocenters. The Kier molecular flexibility index (Phi) is 3.66. The molecule has 1 aromatic rings. The number of aromatic nitrogens is 2. The Hall–Kier alpha value is -1.41. The Morgan fingerprint density at radius 2 is 2.31 bits per heavy atom. The Labute approximate surface area is 93.1 Å². The van der Waals surface area contributed by atoms with Crippen molar-refractivity contribution in [3.05, 3.63) is 12.3 Å². The molecule has 1 aromatic heterocycles. The zero-order chi connectivity index (χ0) is 12.3. The molecule has 0 aliphatic heterocycles. The van der Waals surface area contributed by atoms with E-state index >= 15 is 0 Å². The van der Waals surface area contributed by atoms with Crippen molar-refractivity contribution in [3.63, 3.8) is 0 Å². The van der Waals surface area contributed by atoms with Gasteiger partial charge in [-0.2, -0.15) is 9.40 Å². The molecule has 2 N–H and O–H groups in total. The molecule has 90 valence electrons. The summed E-state index contributed by atoms with van der Waals surface area (Å²) >= 11 is 0. The van der Waals surface area contributed by atoms with Crippen LogP contribution in [0.15, 0.2) is 17.3 Å². The minimum Gasteiger partial charge on any atom is -0.481 e. The maximum atomic E-state index is 11.8. The van der Waals surface area contributed by atoms with Crippen LogP contribution in [0.2, 0.25) is 0 Å². The highest BCUT2D eigenvalue weighted by Crippen LogP contribution is 2.12. The number of carboxylic acids is 1. The molecule has 0 amide bonds. The SMILES string of the molecule is CC(CN(C)S(=O)(=O)c1ccn[nH]1)C(=O)O. The predicted octanol–water partition coefficient (Wildman–Crippen LogP) is -0.249. The summed E-state index contributed by atoms with van der Waals surface area (Å²) in [5.74, 6) is -1.80. The van der Waals surface area contributed by atoms with Crippen LogP contribution in [0.25, 0.3) is 0 Å². The van der Waals surface area contributed by atoms with E-state index in [-0.39, 0.29) is 11.6 Å². The van der Waals surface area contributed by atoms with Gasteiger partial charge in [0, 0.05) is 13.6 Å². The molecule has 0 saturated carbocycles. The first-order valence-electron chi connectivity index (χ1n) is 4.54. The van der Waals surface area contributed by atoms with Crippen molar-refractivity contribution in [1.82, 2.24) is 14.5 Å². The van der Waals surface area contributed by atoms with Gasteiger partial charge in [0.15, 0.2) is 5.03 Å². The number of nitrogens with zero attached hydrogens (tertiary/aromatic N) is 2. The maximum Gasteiger partial charge on any atom is 0.307 e. The van der Waals surface area contributed by atoms with Gasteiger partial charge in [-0.25, -0.2) is 8.42 Å². The molecule has 1 heterocycles. The average Bonchev–Trinajstić information content (AvgIpc) is 2.70. The fourth-order valence-electron chi connectivity index (χ4n) is 1.12. The van der Waals surface area contributed by atoms with Gasteiger partial charge >= 0.3 is 5.97 Å². The van der Waals surface area contributed by atoms with Gasteiger partial charge in [-0.05, 0) is 6.07 Å². The first-order valence-corrected chi connectivity index (χ1v) is 5.98. The van der Waals surface area contributed by atoms with Crippen LogP contribution in [-0.2, 0) is 14.8 Å². The van der Waals surface area contributed by atoms with Crippen molar-refractivity contribution in [1.29, 1.82) is 0 Å². The summed E-state index contributed by atoms with van der Waals surface area (Å²) in [5.41, 5.74) is 0. The first-order chi connectivity index (χ1) is 7.35. The van der Waals surface area contributed by atoms with Crippen LogP contribution in [0, 0.1) is 5.92 Å². The minimum atomic E-state index is -3.67. The van der Waals surface area contributed by atoms with Gasteiger partial charge in [-0.15, -0.1) is 0 Å². The lowest BCUT2D eigenvalue weighted by Gasteiger charge is -2.17. The fraction of sp³-hybridized carbons (Fsp3) is 0.500. The van der Waals surface area contributed by atoms with Gasteiger partial charge in [0.25, 0.3) is 10.0 Å². The van der Waals surface area contributed by atoms with Gasteiger partial charge in [0.1, 0.15) is 0 Å².